The molecule has 0 amide bonds. The zero-order chi connectivity index (χ0) is 14.5. The standard InChI is InChI=1S/C15H19F3N2/c1-2-3-4-14(20-7-5-19-6-8-20)15-12(17)9-11(16)10-13(15)18/h2,9-10,14,19H,1,3-8H2/t14-/m1/s1. The number of nitrogens with zero attached hydrogens (tertiary/aromatic N) is 1. The summed E-state index contributed by atoms with van der Waals surface area (Å²) in [5.74, 6) is -2.50. The number of halogens is 3. The van der Waals surface area contributed by atoms with Crippen molar-refractivity contribution in [1.82, 2.24) is 10.2 Å². The van der Waals surface area contributed by atoms with E-state index in [9.17, 15) is 13.2 Å². The van der Waals surface area contributed by atoms with Crippen LogP contribution in [0.1, 0.15) is 24.4 Å². The van der Waals surface area contributed by atoms with Crippen LogP contribution in [0.25, 0.3) is 0 Å². The molecular weight excluding hydrogens is 265 g/mol. The van der Waals surface area contributed by atoms with Gasteiger partial charge in [0.25, 0.3) is 0 Å². The molecule has 1 aliphatic heterocycles. The van der Waals surface area contributed by atoms with Crippen molar-refractivity contribution in [3.8, 4) is 0 Å². The van der Waals surface area contributed by atoms with Crippen LogP contribution in [-0.4, -0.2) is 31.1 Å². The van der Waals surface area contributed by atoms with Crippen molar-refractivity contribution in [2.75, 3.05) is 26.2 Å². The van der Waals surface area contributed by atoms with Crippen LogP contribution < -0.4 is 5.32 Å². The SMILES string of the molecule is C=CCC[C@H](c1c(F)cc(F)cc1F)N1CCNCC1. The van der Waals surface area contributed by atoms with E-state index in [0.29, 0.717) is 12.8 Å². The molecule has 0 radical (unpaired) electrons. The maximum Gasteiger partial charge on any atom is 0.133 e. The van der Waals surface area contributed by atoms with Crippen molar-refractivity contribution in [3.05, 3.63) is 47.8 Å². The van der Waals surface area contributed by atoms with Gasteiger partial charge in [0.1, 0.15) is 17.5 Å². The molecule has 1 aromatic rings. The van der Waals surface area contributed by atoms with Crippen LogP contribution in [-0.2, 0) is 0 Å². The molecule has 0 unspecified atom stereocenters. The minimum atomic E-state index is -0.883. The van der Waals surface area contributed by atoms with E-state index in [1.165, 1.54) is 0 Å². The largest absolute Gasteiger partial charge is 0.314 e. The summed E-state index contributed by atoms with van der Waals surface area (Å²) >= 11 is 0. The summed E-state index contributed by atoms with van der Waals surface area (Å²) in [6, 6.07) is 1.12. The number of hydrogen-bond acceptors (Lipinski definition) is 2. The predicted molar refractivity (Wildman–Crippen MR) is 72.9 cm³/mol. The highest BCUT2D eigenvalue weighted by atomic mass is 19.1. The summed E-state index contributed by atoms with van der Waals surface area (Å²) in [5.41, 5.74) is -0.0323. The first-order chi connectivity index (χ1) is 9.63. The Labute approximate surface area is 117 Å². The van der Waals surface area contributed by atoms with E-state index in [1.54, 1.807) is 6.08 Å². The predicted octanol–water partition coefficient (Wildman–Crippen LogP) is 3.02. The van der Waals surface area contributed by atoms with Crippen LogP contribution in [0, 0.1) is 17.5 Å². The smallest absolute Gasteiger partial charge is 0.133 e. The Hall–Kier alpha value is -1.33. The van der Waals surface area contributed by atoms with E-state index >= 15 is 0 Å². The normalized spacial score (nSPS) is 17.9. The fourth-order valence-electron chi connectivity index (χ4n) is 2.65. The van der Waals surface area contributed by atoms with Gasteiger partial charge in [-0.05, 0) is 12.8 Å². The molecule has 0 spiro atoms. The van der Waals surface area contributed by atoms with Crippen LogP contribution in [0.5, 0.6) is 0 Å². The Bertz CT molecular complexity index is 447. The van der Waals surface area contributed by atoms with Gasteiger partial charge in [-0.15, -0.1) is 6.58 Å². The average Bonchev–Trinajstić information content (AvgIpc) is 2.42. The molecule has 0 bridgehead atoms. The zero-order valence-corrected chi connectivity index (χ0v) is 11.3. The Kier molecular flexibility index (Phi) is 5.20. The molecule has 5 heteroatoms. The third kappa shape index (κ3) is 3.41. The monoisotopic (exact) mass is 284 g/mol. The summed E-state index contributed by atoms with van der Waals surface area (Å²) in [5, 5.41) is 3.21. The maximum atomic E-state index is 14.0. The maximum absolute atomic E-state index is 14.0. The Morgan fingerprint density at radius 1 is 1.20 bits per heavy atom. The molecular formula is C15H19F3N2. The second-order valence-corrected chi connectivity index (χ2v) is 4.95. The van der Waals surface area contributed by atoms with E-state index in [1.807, 2.05) is 4.90 Å². The number of nitrogens with one attached hydrogen (secondary N) is 1. The van der Waals surface area contributed by atoms with E-state index in [4.69, 9.17) is 0 Å². The number of allylic oxidation sites excluding steroid dienone is 1. The van der Waals surface area contributed by atoms with Crippen molar-refractivity contribution in [1.29, 1.82) is 0 Å². The average molecular weight is 284 g/mol. The van der Waals surface area contributed by atoms with E-state index < -0.39 is 17.5 Å². The van der Waals surface area contributed by atoms with Gasteiger partial charge in [0.15, 0.2) is 0 Å². The quantitative estimate of drug-likeness (QED) is 0.836. The van der Waals surface area contributed by atoms with Crippen molar-refractivity contribution in [3.63, 3.8) is 0 Å². The first kappa shape index (κ1) is 15.1. The molecule has 1 heterocycles. The van der Waals surface area contributed by atoms with E-state index in [-0.39, 0.29) is 11.6 Å². The lowest BCUT2D eigenvalue weighted by Gasteiger charge is -2.35. The van der Waals surface area contributed by atoms with Crippen LogP contribution in [0.2, 0.25) is 0 Å². The van der Waals surface area contributed by atoms with Gasteiger partial charge in [-0.3, -0.25) is 4.90 Å². The molecule has 1 N–H and O–H groups in total. The molecule has 0 saturated carbocycles. The van der Waals surface area contributed by atoms with Crippen molar-refractivity contribution in [2.45, 2.75) is 18.9 Å². The second-order valence-electron chi connectivity index (χ2n) is 4.95. The summed E-state index contributed by atoms with van der Waals surface area (Å²) < 4.78 is 41.0. The molecule has 2 rings (SSSR count). The zero-order valence-electron chi connectivity index (χ0n) is 11.3. The molecule has 1 atom stereocenters. The van der Waals surface area contributed by atoms with Crippen LogP contribution in [0.3, 0.4) is 0 Å². The number of hydrogen-bond donors (Lipinski definition) is 1. The fraction of sp³-hybridized carbons (Fsp3) is 0.467. The lowest BCUT2D eigenvalue weighted by Crippen LogP contribution is -2.45. The van der Waals surface area contributed by atoms with Crippen LogP contribution in [0.15, 0.2) is 24.8 Å². The van der Waals surface area contributed by atoms with Crippen LogP contribution in [0.4, 0.5) is 13.2 Å². The van der Waals surface area contributed by atoms with Crippen molar-refractivity contribution >= 4 is 0 Å². The summed E-state index contributed by atoms with van der Waals surface area (Å²) in [7, 11) is 0. The van der Waals surface area contributed by atoms with Crippen molar-refractivity contribution < 1.29 is 13.2 Å². The van der Waals surface area contributed by atoms with Crippen LogP contribution >= 0.6 is 0 Å². The molecule has 0 aromatic heterocycles. The van der Waals surface area contributed by atoms with Gasteiger partial charge in [-0.25, -0.2) is 13.2 Å². The lowest BCUT2D eigenvalue weighted by atomic mass is 9.98. The highest BCUT2D eigenvalue weighted by molar-refractivity contribution is 5.24. The fourth-order valence-corrected chi connectivity index (χ4v) is 2.65. The first-order valence-electron chi connectivity index (χ1n) is 6.83. The molecule has 1 saturated heterocycles. The minimum absolute atomic E-state index is 0.0323. The Morgan fingerprint density at radius 3 is 2.35 bits per heavy atom. The van der Waals surface area contributed by atoms with Gasteiger partial charge in [-0.2, -0.15) is 0 Å². The van der Waals surface area contributed by atoms with E-state index in [2.05, 4.69) is 11.9 Å². The molecule has 1 fully saturated rings. The second kappa shape index (κ2) is 6.90. The van der Waals surface area contributed by atoms with Gasteiger partial charge < -0.3 is 5.32 Å². The van der Waals surface area contributed by atoms with Gasteiger partial charge in [0.05, 0.1) is 0 Å². The lowest BCUT2D eigenvalue weighted by molar-refractivity contribution is 0.159. The third-order valence-electron chi connectivity index (χ3n) is 3.61. The molecule has 1 aliphatic rings. The summed E-state index contributed by atoms with van der Waals surface area (Å²) in [4.78, 5) is 2.04. The molecule has 110 valence electrons. The van der Waals surface area contributed by atoms with E-state index in [0.717, 1.165) is 38.3 Å². The molecule has 2 nitrogen and oxygen atoms in total. The van der Waals surface area contributed by atoms with Crippen molar-refractivity contribution in [2.24, 2.45) is 0 Å². The highest BCUT2D eigenvalue weighted by Crippen LogP contribution is 2.31. The number of piperazine rings is 1. The van der Waals surface area contributed by atoms with Gasteiger partial charge >= 0.3 is 0 Å². The highest BCUT2D eigenvalue weighted by Gasteiger charge is 2.27. The number of rotatable bonds is 5. The Balaban J connectivity index is 2.32. The number of benzene rings is 1. The third-order valence-corrected chi connectivity index (χ3v) is 3.61. The van der Waals surface area contributed by atoms with Gasteiger partial charge in [0.2, 0.25) is 0 Å². The molecule has 0 aliphatic carbocycles. The van der Waals surface area contributed by atoms with Gasteiger partial charge in [0, 0.05) is 49.9 Å². The van der Waals surface area contributed by atoms with Gasteiger partial charge in [-0.1, -0.05) is 6.08 Å². The molecule has 1 aromatic carbocycles. The molecule has 20 heavy (non-hydrogen) atoms. The topological polar surface area (TPSA) is 15.3 Å². The first-order valence-corrected chi connectivity index (χ1v) is 6.83. The summed E-state index contributed by atoms with van der Waals surface area (Å²) in [6.07, 6.45) is 2.96. The summed E-state index contributed by atoms with van der Waals surface area (Å²) in [6.45, 7) is 6.67. The minimum Gasteiger partial charge on any atom is -0.314 e. The Morgan fingerprint density at radius 2 is 1.80 bits per heavy atom.